The van der Waals surface area contributed by atoms with Gasteiger partial charge in [0.05, 0.1) is 0 Å². The molecule has 124 valence electrons. The van der Waals surface area contributed by atoms with Gasteiger partial charge in [0.1, 0.15) is 5.69 Å². The maximum Gasteiger partial charge on any atom is 0.272 e. The van der Waals surface area contributed by atoms with Crippen LogP contribution in [-0.2, 0) is 13.0 Å². The van der Waals surface area contributed by atoms with E-state index in [0.717, 1.165) is 25.8 Å². The minimum absolute atomic E-state index is 0.0126. The zero-order valence-corrected chi connectivity index (χ0v) is 13.7. The number of fused-ring (bicyclic) bond motifs is 1. The van der Waals surface area contributed by atoms with Crippen LogP contribution < -0.4 is 5.32 Å². The van der Waals surface area contributed by atoms with Crippen LogP contribution in [0.5, 0.6) is 0 Å². The van der Waals surface area contributed by atoms with Crippen LogP contribution in [-0.4, -0.2) is 33.4 Å². The first-order valence-corrected chi connectivity index (χ1v) is 8.75. The van der Waals surface area contributed by atoms with Crippen molar-refractivity contribution < 1.29 is 4.79 Å². The predicted molar refractivity (Wildman–Crippen MR) is 92.8 cm³/mol. The van der Waals surface area contributed by atoms with Crippen LogP contribution in [0.2, 0.25) is 0 Å². The van der Waals surface area contributed by atoms with Crippen LogP contribution >= 0.6 is 0 Å². The summed E-state index contributed by atoms with van der Waals surface area (Å²) < 4.78 is 0. The molecule has 1 aliphatic heterocycles. The molecule has 2 heterocycles. The number of rotatable bonds is 3. The summed E-state index contributed by atoms with van der Waals surface area (Å²) in [5.74, 6) is 0.562. The number of hydrogen-bond donors (Lipinski definition) is 1. The second-order valence-electron chi connectivity index (χ2n) is 6.64. The zero-order valence-electron chi connectivity index (χ0n) is 13.7. The SMILES string of the molecule is O=C(c1ccnc(NC2CCCC2)n1)N1CCc2ccccc2C1. The fourth-order valence-electron chi connectivity index (χ4n) is 3.63. The molecule has 1 amide bonds. The standard InChI is InChI=1S/C19H22N4O/c24-18(23-12-10-14-5-1-2-6-15(14)13-23)17-9-11-20-19(22-17)21-16-7-3-4-8-16/h1-2,5-6,9,11,16H,3-4,7-8,10,12-13H2,(H,20,21,22). The number of carbonyl (C=O) groups excluding carboxylic acids is 1. The molecule has 1 N–H and O–H groups in total. The topological polar surface area (TPSA) is 58.1 Å². The van der Waals surface area contributed by atoms with Gasteiger partial charge in [-0.1, -0.05) is 37.1 Å². The molecule has 0 unspecified atom stereocenters. The monoisotopic (exact) mass is 322 g/mol. The van der Waals surface area contributed by atoms with Gasteiger partial charge >= 0.3 is 0 Å². The lowest BCUT2D eigenvalue weighted by molar-refractivity contribution is 0.0728. The van der Waals surface area contributed by atoms with E-state index in [0.29, 0.717) is 24.2 Å². The first-order valence-electron chi connectivity index (χ1n) is 8.75. The quantitative estimate of drug-likeness (QED) is 0.943. The Balaban J connectivity index is 1.48. The first-order chi connectivity index (χ1) is 11.8. The Bertz CT molecular complexity index is 740. The summed E-state index contributed by atoms with van der Waals surface area (Å²) in [6, 6.07) is 10.5. The largest absolute Gasteiger partial charge is 0.351 e. The second kappa shape index (κ2) is 6.59. The number of carbonyl (C=O) groups is 1. The molecular formula is C19H22N4O. The van der Waals surface area contributed by atoms with E-state index in [4.69, 9.17) is 0 Å². The van der Waals surface area contributed by atoms with Gasteiger partial charge in [-0.25, -0.2) is 9.97 Å². The Labute approximate surface area is 142 Å². The van der Waals surface area contributed by atoms with Crippen LogP contribution in [0.25, 0.3) is 0 Å². The van der Waals surface area contributed by atoms with E-state index in [1.165, 1.54) is 24.0 Å². The molecule has 2 aliphatic rings. The number of amides is 1. The van der Waals surface area contributed by atoms with Crippen molar-refractivity contribution in [1.29, 1.82) is 0 Å². The van der Waals surface area contributed by atoms with Crippen molar-refractivity contribution in [3.8, 4) is 0 Å². The summed E-state index contributed by atoms with van der Waals surface area (Å²) in [6.07, 6.45) is 7.40. The van der Waals surface area contributed by atoms with E-state index in [2.05, 4.69) is 33.5 Å². The molecule has 0 bridgehead atoms. The Hall–Kier alpha value is -2.43. The summed E-state index contributed by atoms with van der Waals surface area (Å²) in [5, 5.41) is 3.36. The van der Waals surface area contributed by atoms with Crippen LogP contribution in [0.3, 0.4) is 0 Å². The van der Waals surface area contributed by atoms with Gasteiger partial charge in [0.25, 0.3) is 5.91 Å². The summed E-state index contributed by atoms with van der Waals surface area (Å²) in [7, 11) is 0. The average molecular weight is 322 g/mol. The van der Waals surface area contributed by atoms with Crippen LogP contribution in [0.4, 0.5) is 5.95 Å². The number of benzene rings is 1. The molecule has 1 fully saturated rings. The Morgan fingerprint density at radius 2 is 1.92 bits per heavy atom. The number of aromatic nitrogens is 2. The van der Waals surface area contributed by atoms with Gasteiger partial charge < -0.3 is 10.2 Å². The minimum atomic E-state index is -0.0126. The second-order valence-corrected chi connectivity index (χ2v) is 6.64. The molecule has 4 rings (SSSR count). The van der Waals surface area contributed by atoms with Crippen molar-refractivity contribution in [2.24, 2.45) is 0 Å². The van der Waals surface area contributed by atoms with Gasteiger partial charge in [-0.15, -0.1) is 0 Å². The van der Waals surface area contributed by atoms with Gasteiger partial charge in [0.15, 0.2) is 0 Å². The third-order valence-electron chi connectivity index (χ3n) is 4.98. The Kier molecular flexibility index (Phi) is 4.15. The fraction of sp³-hybridized carbons (Fsp3) is 0.421. The predicted octanol–water partition coefficient (Wildman–Crippen LogP) is 3.03. The average Bonchev–Trinajstić information content (AvgIpc) is 3.14. The molecule has 2 aromatic rings. The van der Waals surface area contributed by atoms with Crippen LogP contribution in [0.1, 0.15) is 47.3 Å². The lowest BCUT2D eigenvalue weighted by Gasteiger charge is -2.28. The molecule has 1 aliphatic carbocycles. The Morgan fingerprint density at radius 1 is 1.12 bits per heavy atom. The van der Waals surface area contributed by atoms with E-state index in [-0.39, 0.29) is 5.91 Å². The molecule has 0 radical (unpaired) electrons. The van der Waals surface area contributed by atoms with E-state index in [9.17, 15) is 4.79 Å². The molecule has 1 aromatic heterocycles. The van der Waals surface area contributed by atoms with Crippen molar-refractivity contribution in [2.75, 3.05) is 11.9 Å². The van der Waals surface area contributed by atoms with Crippen LogP contribution in [0, 0.1) is 0 Å². The number of nitrogens with zero attached hydrogens (tertiary/aromatic N) is 3. The fourth-order valence-corrected chi connectivity index (χ4v) is 3.63. The number of anilines is 1. The maximum atomic E-state index is 12.8. The highest BCUT2D eigenvalue weighted by Crippen LogP contribution is 2.22. The summed E-state index contributed by atoms with van der Waals surface area (Å²) in [4.78, 5) is 23.4. The molecule has 0 atom stereocenters. The van der Waals surface area contributed by atoms with E-state index in [1.54, 1.807) is 12.3 Å². The highest BCUT2D eigenvalue weighted by atomic mass is 16.2. The molecule has 1 aromatic carbocycles. The van der Waals surface area contributed by atoms with Crippen molar-refractivity contribution in [2.45, 2.75) is 44.7 Å². The van der Waals surface area contributed by atoms with Crippen molar-refractivity contribution >= 4 is 11.9 Å². The highest BCUT2D eigenvalue weighted by molar-refractivity contribution is 5.92. The number of nitrogens with one attached hydrogen (secondary N) is 1. The van der Waals surface area contributed by atoms with Gasteiger partial charge in [-0.05, 0) is 36.5 Å². The van der Waals surface area contributed by atoms with Crippen molar-refractivity contribution in [3.05, 3.63) is 53.3 Å². The molecule has 5 nitrogen and oxygen atoms in total. The normalized spacial score (nSPS) is 17.6. The first kappa shape index (κ1) is 15.1. The van der Waals surface area contributed by atoms with E-state index in [1.807, 2.05) is 11.0 Å². The smallest absolute Gasteiger partial charge is 0.272 e. The minimum Gasteiger partial charge on any atom is -0.351 e. The molecule has 5 heteroatoms. The maximum absolute atomic E-state index is 12.8. The van der Waals surface area contributed by atoms with Gasteiger partial charge in [-0.2, -0.15) is 0 Å². The third kappa shape index (κ3) is 3.11. The molecule has 0 saturated heterocycles. The summed E-state index contributed by atoms with van der Waals surface area (Å²) in [5.41, 5.74) is 3.05. The lowest BCUT2D eigenvalue weighted by Crippen LogP contribution is -2.36. The lowest BCUT2D eigenvalue weighted by atomic mass is 10.00. The van der Waals surface area contributed by atoms with E-state index < -0.39 is 0 Å². The summed E-state index contributed by atoms with van der Waals surface area (Å²) >= 11 is 0. The molecular weight excluding hydrogens is 300 g/mol. The summed E-state index contributed by atoms with van der Waals surface area (Å²) in [6.45, 7) is 1.40. The van der Waals surface area contributed by atoms with Gasteiger partial charge in [0, 0.05) is 25.3 Å². The molecule has 1 saturated carbocycles. The number of hydrogen-bond acceptors (Lipinski definition) is 4. The van der Waals surface area contributed by atoms with E-state index >= 15 is 0 Å². The highest BCUT2D eigenvalue weighted by Gasteiger charge is 2.23. The zero-order chi connectivity index (χ0) is 16.4. The van der Waals surface area contributed by atoms with Gasteiger partial charge in [-0.3, -0.25) is 4.79 Å². The van der Waals surface area contributed by atoms with Crippen molar-refractivity contribution in [1.82, 2.24) is 14.9 Å². The van der Waals surface area contributed by atoms with Gasteiger partial charge in [0.2, 0.25) is 5.95 Å². The van der Waals surface area contributed by atoms with Crippen molar-refractivity contribution in [3.63, 3.8) is 0 Å². The molecule has 24 heavy (non-hydrogen) atoms. The van der Waals surface area contributed by atoms with Crippen LogP contribution in [0.15, 0.2) is 36.5 Å². The third-order valence-corrected chi connectivity index (χ3v) is 4.98. The molecule has 0 spiro atoms. The Morgan fingerprint density at radius 3 is 2.75 bits per heavy atom.